The van der Waals surface area contributed by atoms with Crippen molar-refractivity contribution in [1.29, 1.82) is 0 Å². The molecule has 0 bridgehead atoms. The van der Waals surface area contributed by atoms with Gasteiger partial charge in [0.2, 0.25) is 15.9 Å². The van der Waals surface area contributed by atoms with Crippen LogP contribution in [0.25, 0.3) is 0 Å². The fourth-order valence-electron chi connectivity index (χ4n) is 1.35. The Labute approximate surface area is 112 Å². The first-order chi connectivity index (χ1) is 8.25. The highest BCUT2D eigenvalue weighted by atomic mass is 35.5. The monoisotopic (exact) mass is 290 g/mol. The standard InChI is InChI=1S/C11H15ClN2O3S/c1-8-4-5-9(6-10(8)12)14(18(3,16)17)7-11(15)13-2/h4-6H,7H2,1-3H3,(H,13,15). The van der Waals surface area contributed by atoms with E-state index in [4.69, 9.17) is 11.6 Å². The van der Waals surface area contributed by atoms with E-state index in [1.54, 1.807) is 12.1 Å². The molecule has 1 aromatic carbocycles. The number of rotatable bonds is 4. The van der Waals surface area contributed by atoms with Gasteiger partial charge in [-0.25, -0.2) is 8.42 Å². The van der Waals surface area contributed by atoms with Crippen LogP contribution in [-0.4, -0.2) is 34.2 Å². The van der Waals surface area contributed by atoms with Crippen LogP contribution in [0.2, 0.25) is 5.02 Å². The predicted molar refractivity (Wildman–Crippen MR) is 72.4 cm³/mol. The first kappa shape index (κ1) is 14.8. The van der Waals surface area contributed by atoms with Gasteiger partial charge in [0.15, 0.2) is 0 Å². The summed E-state index contributed by atoms with van der Waals surface area (Å²) in [5.41, 5.74) is 1.21. The molecule has 5 nitrogen and oxygen atoms in total. The molecule has 0 saturated carbocycles. The Bertz CT molecular complexity index is 557. The minimum atomic E-state index is -3.54. The maximum atomic E-state index is 11.7. The predicted octanol–water partition coefficient (Wildman–Crippen LogP) is 1.16. The number of hydrogen-bond donors (Lipinski definition) is 1. The molecular weight excluding hydrogens is 276 g/mol. The fourth-order valence-corrected chi connectivity index (χ4v) is 2.37. The van der Waals surface area contributed by atoms with Crippen molar-refractivity contribution in [3.8, 4) is 0 Å². The van der Waals surface area contributed by atoms with Crippen molar-refractivity contribution in [3.05, 3.63) is 28.8 Å². The first-order valence-electron chi connectivity index (χ1n) is 5.20. The zero-order valence-electron chi connectivity index (χ0n) is 10.4. The summed E-state index contributed by atoms with van der Waals surface area (Å²) < 4.78 is 24.4. The summed E-state index contributed by atoms with van der Waals surface area (Å²) in [6, 6.07) is 4.85. The SMILES string of the molecule is CNC(=O)CN(c1ccc(C)c(Cl)c1)S(C)(=O)=O. The van der Waals surface area contributed by atoms with Gasteiger partial charge < -0.3 is 5.32 Å². The van der Waals surface area contributed by atoms with Gasteiger partial charge >= 0.3 is 0 Å². The number of halogens is 1. The van der Waals surface area contributed by atoms with Crippen LogP contribution in [0.4, 0.5) is 5.69 Å². The smallest absolute Gasteiger partial charge is 0.240 e. The van der Waals surface area contributed by atoms with Gasteiger partial charge in [-0.3, -0.25) is 9.10 Å². The van der Waals surface area contributed by atoms with E-state index >= 15 is 0 Å². The van der Waals surface area contributed by atoms with Crippen LogP contribution in [-0.2, 0) is 14.8 Å². The maximum absolute atomic E-state index is 11.7. The number of nitrogens with one attached hydrogen (secondary N) is 1. The van der Waals surface area contributed by atoms with E-state index in [-0.39, 0.29) is 6.54 Å². The highest BCUT2D eigenvalue weighted by Gasteiger charge is 2.20. The van der Waals surface area contributed by atoms with Crippen molar-refractivity contribution in [1.82, 2.24) is 5.32 Å². The van der Waals surface area contributed by atoms with Gasteiger partial charge in [0.05, 0.1) is 11.9 Å². The quantitative estimate of drug-likeness (QED) is 0.905. The summed E-state index contributed by atoms with van der Waals surface area (Å²) in [6.45, 7) is 1.55. The lowest BCUT2D eigenvalue weighted by molar-refractivity contribution is -0.119. The molecule has 0 aliphatic heterocycles. The van der Waals surface area contributed by atoms with Crippen molar-refractivity contribution in [2.45, 2.75) is 6.92 Å². The first-order valence-corrected chi connectivity index (χ1v) is 7.42. The van der Waals surface area contributed by atoms with Crippen LogP contribution in [0.5, 0.6) is 0 Å². The number of carbonyl (C=O) groups excluding carboxylic acids is 1. The molecule has 0 saturated heterocycles. The normalized spacial score (nSPS) is 11.1. The Kier molecular flexibility index (Phi) is 4.59. The molecule has 100 valence electrons. The molecule has 0 aromatic heterocycles. The number of aryl methyl sites for hydroxylation is 1. The molecule has 0 atom stereocenters. The van der Waals surface area contributed by atoms with E-state index in [0.29, 0.717) is 10.7 Å². The molecule has 0 spiro atoms. The van der Waals surface area contributed by atoms with Crippen LogP contribution in [0.3, 0.4) is 0 Å². The van der Waals surface area contributed by atoms with E-state index < -0.39 is 15.9 Å². The van der Waals surface area contributed by atoms with Crippen LogP contribution >= 0.6 is 11.6 Å². The molecule has 0 heterocycles. The van der Waals surface area contributed by atoms with Crippen LogP contribution in [0.1, 0.15) is 5.56 Å². The van der Waals surface area contributed by atoms with Gasteiger partial charge in [0.1, 0.15) is 6.54 Å². The number of amides is 1. The topological polar surface area (TPSA) is 66.5 Å². The van der Waals surface area contributed by atoms with Crippen LogP contribution in [0.15, 0.2) is 18.2 Å². The number of sulfonamides is 1. The number of nitrogens with zero attached hydrogens (tertiary/aromatic N) is 1. The van der Waals surface area contributed by atoms with Gasteiger partial charge in [-0.05, 0) is 24.6 Å². The number of likely N-dealkylation sites (N-methyl/N-ethyl adjacent to an activating group) is 1. The molecule has 0 fully saturated rings. The number of carbonyl (C=O) groups is 1. The zero-order valence-corrected chi connectivity index (χ0v) is 12.0. The molecule has 18 heavy (non-hydrogen) atoms. The molecule has 1 rings (SSSR count). The Morgan fingerprint density at radius 2 is 2.06 bits per heavy atom. The number of anilines is 1. The molecule has 7 heteroatoms. The van der Waals surface area contributed by atoms with Gasteiger partial charge in [-0.1, -0.05) is 17.7 Å². The van der Waals surface area contributed by atoms with E-state index in [0.717, 1.165) is 16.1 Å². The van der Waals surface area contributed by atoms with Gasteiger partial charge in [0, 0.05) is 12.1 Å². The van der Waals surface area contributed by atoms with Crippen molar-refractivity contribution in [2.75, 3.05) is 24.2 Å². The lowest BCUT2D eigenvalue weighted by Gasteiger charge is -2.21. The average Bonchev–Trinajstić information content (AvgIpc) is 2.28. The van der Waals surface area contributed by atoms with Gasteiger partial charge in [-0.15, -0.1) is 0 Å². The second kappa shape index (κ2) is 5.58. The maximum Gasteiger partial charge on any atom is 0.240 e. The minimum Gasteiger partial charge on any atom is -0.358 e. The molecule has 1 aromatic rings. The van der Waals surface area contributed by atoms with Gasteiger partial charge in [0.25, 0.3) is 0 Å². The third kappa shape index (κ3) is 3.61. The summed E-state index contributed by atoms with van der Waals surface area (Å²) in [5, 5.41) is 2.84. The summed E-state index contributed by atoms with van der Waals surface area (Å²) in [7, 11) is -2.09. The van der Waals surface area contributed by atoms with E-state index in [2.05, 4.69) is 5.32 Å². The number of benzene rings is 1. The van der Waals surface area contributed by atoms with Crippen molar-refractivity contribution < 1.29 is 13.2 Å². The van der Waals surface area contributed by atoms with E-state index in [1.807, 2.05) is 6.92 Å². The molecule has 0 radical (unpaired) electrons. The largest absolute Gasteiger partial charge is 0.358 e. The molecule has 0 aliphatic carbocycles. The highest BCUT2D eigenvalue weighted by Crippen LogP contribution is 2.24. The third-order valence-corrected chi connectivity index (χ3v) is 3.96. The van der Waals surface area contributed by atoms with E-state index in [1.165, 1.54) is 13.1 Å². The summed E-state index contributed by atoms with van der Waals surface area (Å²) in [4.78, 5) is 11.3. The lowest BCUT2D eigenvalue weighted by Crippen LogP contribution is -2.39. The lowest BCUT2D eigenvalue weighted by atomic mass is 10.2. The Balaban J connectivity index is 3.18. The second-order valence-corrected chi connectivity index (χ2v) is 6.19. The fraction of sp³-hybridized carbons (Fsp3) is 0.364. The summed E-state index contributed by atoms with van der Waals surface area (Å²) in [5.74, 6) is -0.392. The van der Waals surface area contributed by atoms with Crippen molar-refractivity contribution in [2.24, 2.45) is 0 Å². The Morgan fingerprint density at radius 1 is 1.44 bits per heavy atom. The van der Waals surface area contributed by atoms with E-state index in [9.17, 15) is 13.2 Å². The van der Waals surface area contributed by atoms with Crippen molar-refractivity contribution >= 4 is 33.2 Å². The second-order valence-electron chi connectivity index (χ2n) is 3.88. The third-order valence-electron chi connectivity index (χ3n) is 2.41. The Hall–Kier alpha value is -1.27. The average molecular weight is 291 g/mol. The van der Waals surface area contributed by atoms with Crippen LogP contribution < -0.4 is 9.62 Å². The zero-order chi connectivity index (χ0) is 13.9. The van der Waals surface area contributed by atoms with Crippen molar-refractivity contribution in [3.63, 3.8) is 0 Å². The molecule has 1 N–H and O–H groups in total. The molecular formula is C11H15ClN2O3S. The Morgan fingerprint density at radius 3 is 2.50 bits per heavy atom. The molecule has 0 unspecified atom stereocenters. The van der Waals surface area contributed by atoms with Gasteiger partial charge in [-0.2, -0.15) is 0 Å². The molecule has 1 amide bonds. The highest BCUT2D eigenvalue weighted by molar-refractivity contribution is 7.92. The number of hydrogen-bond acceptors (Lipinski definition) is 3. The minimum absolute atomic E-state index is 0.269. The molecule has 0 aliphatic rings. The summed E-state index contributed by atoms with van der Waals surface area (Å²) >= 11 is 5.96. The summed E-state index contributed by atoms with van der Waals surface area (Å²) in [6.07, 6.45) is 1.05. The van der Waals surface area contributed by atoms with Crippen LogP contribution in [0, 0.1) is 6.92 Å².